The minimum absolute atomic E-state index is 0.167. The van der Waals surface area contributed by atoms with Crippen LogP contribution in [-0.4, -0.2) is 4.21 Å². The molecule has 1 aromatic rings. The van der Waals surface area contributed by atoms with Crippen LogP contribution in [-0.2, 0) is 10.8 Å². The monoisotopic (exact) mass is 300 g/mol. The van der Waals surface area contributed by atoms with E-state index in [0.29, 0.717) is 0 Å². The lowest BCUT2D eigenvalue weighted by molar-refractivity contribution is 0.371. The molecule has 21 heavy (non-hydrogen) atoms. The Morgan fingerprint density at radius 2 is 1.95 bits per heavy atom. The Morgan fingerprint density at radius 3 is 2.57 bits per heavy atom. The largest absolute Gasteiger partial charge is 0.249 e. The molecule has 0 heterocycles. The smallest absolute Gasteiger partial charge is 0.0805 e. The van der Waals surface area contributed by atoms with E-state index in [-0.39, 0.29) is 5.41 Å². The van der Waals surface area contributed by atoms with E-state index in [1.165, 1.54) is 24.0 Å². The summed E-state index contributed by atoms with van der Waals surface area (Å²) >= 11 is 0. The van der Waals surface area contributed by atoms with E-state index < -0.39 is 10.8 Å². The summed E-state index contributed by atoms with van der Waals surface area (Å²) in [6.07, 6.45) is 7.59. The average molecular weight is 300 g/mol. The third-order valence-corrected chi connectivity index (χ3v) is 5.55. The molecule has 112 valence electrons. The van der Waals surface area contributed by atoms with Gasteiger partial charge in [0.15, 0.2) is 0 Å². The van der Waals surface area contributed by atoms with Crippen molar-refractivity contribution in [1.82, 2.24) is 0 Å². The van der Waals surface area contributed by atoms with E-state index in [1.54, 1.807) is 0 Å². The second-order valence-corrected chi connectivity index (χ2v) is 7.93. The van der Waals surface area contributed by atoms with Crippen molar-refractivity contribution < 1.29 is 4.21 Å². The van der Waals surface area contributed by atoms with Gasteiger partial charge >= 0.3 is 0 Å². The first-order valence-electron chi connectivity index (χ1n) is 7.46. The van der Waals surface area contributed by atoms with Gasteiger partial charge in [-0.3, -0.25) is 0 Å². The summed E-state index contributed by atoms with van der Waals surface area (Å²) in [6.45, 7) is 10.7. The van der Waals surface area contributed by atoms with Crippen LogP contribution in [0.25, 0.3) is 0 Å². The van der Waals surface area contributed by atoms with Crippen LogP contribution in [0.4, 0.5) is 0 Å². The summed E-state index contributed by atoms with van der Waals surface area (Å²) in [4.78, 5) is 1.73. The van der Waals surface area contributed by atoms with E-state index in [9.17, 15) is 4.21 Å². The number of rotatable bonds is 3. The first-order chi connectivity index (χ1) is 9.92. The van der Waals surface area contributed by atoms with Crippen LogP contribution in [0.3, 0.4) is 0 Å². The summed E-state index contributed by atoms with van der Waals surface area (Å²) in [5.74, 6) is 0. The second kappa shape index (κ2) is 6.57. The lowest BCUT2D eigenvalue weighted by Crippen LogP contribution is -2.20. The van der Waals surface area contributed by atoms with Crippen molar-refractivity contribution in [3.63, 3.8) is 0 Å². The highest BCUT2D eigenvalue weighted by atomic mass is 32.2. The zero-order chi connectivity index (χ0) is 15.5. The predicted octanol–water partition coefficient (Wildman–Crippen LogP) is 5.39. The van der Waals surface area contributed by atoms with Gasteiger partial charge in [-0.2, -0.15) is 0 Å². The third-order valence-electron chi connectivity index (χ3n) is 4.12. The molecule has 2 heteroatoms. The van der Waals surface area contributed by atoms with E-state index in [1.807, 2.05) is 43.3 Å². The van der Waals surface area contributed by atoms with Crippen LogP contribution in [0.2, 0.25) is 0 Å². The summed E-state index contributed by atoms with van der Waals surface area (Å²) in [5, 5.41) is 0. The number of hydrogen-bond donors (Lipinski definition) is 0. The highest BCUT2D eigenvalue weighted by Crippen LogP contribution is 2.42. The van der Waals surface area contributed by atoms with Crippen molar-refractivity contribution >= 4 is 10.8 Å². The second-order valence-electron chi connectivity index (χ2n) is 6.28. The molecule has 0 saturated heterocycles. The first-order valence-corrected chi connectivity index (χ1v) is 8.61. The number of hydrogen-bond acceptors (Lipinski definition) is 1. The van der Waals surface area contributed by atoms with Gasteiger partial charge in [0.1, 0.15) is 0 Å². The average Bonchev–Trinajstić information content (AvgIpc) is 2.46. The molecule has 2 rings (SSSR count). The van der Waals surface area contributed by atoms with Gasteiger partial charge in [-0.05, 0) is 55.4 Å². The van der Waals surface area contributed by atoms with E-state index in [0.717, 1.165) is 16.2 Å². The van der Waals surface area contributed by atoms with Gasteiger partial charge in [0, 0.05) is 9.80 Å². The van der Waals surface area contributed by atoms with Crippen LogP contribution in [0, 0.1) is 5.41 Å². The van der Waals surface area contributed by atoms with Gasteiger partial charge in [0.05, 0.1) is 10.8 Å². The molecule has 0 bridgehead atoms. The molecule has 1 nitrogen and oxygen atoms in total. The van der Waals surface area contributed by atoms with Crippen molar-refractivity contribution in [1.29, 1.82) is 0 Å². The molecular weight excluding hydrogens is 276 g/mol. The normalized spacial score (nSPS) is 22.3. The van der Waals surface area contributed by atoms with Gasteiger partial charge < -0.3 is 0 Å². The molecule has 0 aromatic heterocycles. The quantitative estimate of drug-likeness (QED) is 0.731. The molecule has 1 unspecified atom stereocenters. The van der Waals surface area contributed by atoms with Gasteiger partial charge in [-0.25, -0.2) is 4.21 Å². The van der Waals surface area contributed by atoms with Crippen LogP contribution in [0.15, 0.2) is 70.0 Å². The Morgan fingerprint density at radius 1 is 1.29 bits per heavy atom. The summed E-state index contributed by atoms with van der Waals surface area (Å²) in [7, 11) is -1.08. The maximum Gasteiger partial charge on any atom is 0.0805 e. The molecule has 1 aliphatic rings. The van der Waals surface area contributed by atoms with Crippen molar-refractivity contribution in [3.8, 4) is 0 Å². The van der Waals surface area contributed by atoms with Crippen LogP contribution < -0.4 is 0 Å². The molecule has 1 saturated carbocycles. The Bertz CT molecular complexity index is 606. The minimum atomic E-state index is -1.08. The fraction of sp³-hybridized carbons (Fsp3) is 0.368. The molecule has 1 aromatic carbocycles. The predicted molar refractivity (Wildman–Crippen MR) is 91.5 cm³/mol. The van der Waals surface area contributed by atoms with E-state index in [4.69, 9.17) is 0 Å². The van der Waals surface area contributed by atoms with Gasteiger partial charge in [0.2, 0.25) is 0 Å². The van der Waals surface area contributed by atoms with Crippen molar-refractivity contribution in [2.24, 2.45) is 5.41 Å². The highest BCUT2D eigenvalue weighted by Gasteiger charge is 2.28. The van der Waals surface area contributed by atoms with Gasteiger partial charge in [-0.1, -0.05) is 50.3 Å². The molecule has 1 fully saturated rings. The maximum absolute atomic E-state index is 12.5. The van der Waals surface area contributed by atoms with Crippen molar-refractivity contribution in [2.75, 3.05) is 0 Å². The molecule has 0 spiro atoms. The molecule has 0 N–H and O–H groups in total. The lowest BCUT2D eigenvalue weighted by Gasteiger charge is -2.34. The minimum Gasteiger partial charge on any atom is -0.249 e. The first kappa shape index (κ1) is 16.0. The van der Waals surface area contributed by atoms with E-state index in [2.05, 4.69) is 26.5 Å². The van der Waals surface area contributed by atoms with Crippen LogP contribution >= 0.6 is 0 Å². The number of allylic oxidation sites excluding steroid dienone is 5. The van der Waals surface area contributed by atoms with Crippen LogP contribution in [0.5, 0.6) is 0 Å². The molecular formula is C19H24OS. The zero-order valence-corrected chi connectivity index (χ0v) is 14.0. The molecule has 0 radical (unpaired) electrons. The Hall–Kier alpha value is -1.41. The maximum atomic E-state index is 12.5. The fourth-order valence-corrected chi connectivity index (χ4v) is 3.80. The summed E-state index contributed by atoms with van der Waals surface area (Å²) < 4.78 is 12.5. The van der Waals surface area contributed by atoms with Gasteiger partial charge in [0.25, 0.3) is 0 Å². The summed E-state index contributed by atoms with van der Waals surface area (Å²) in [5.41, 5.74) is 2.69. The topological polar surface area (TPSA) is 17.1 Å². The molecule has 1 aliphatic carbocycles. The van der Waals surface area contributed by atoms with Crippen LogP contribution in [0.1, 0.15) is 40.0 Å². The zero-order valence-electron chi connectivity index (χ0n) is 13.2. The SMILES string of the molecule is C=C1CCCC(C)(C)/C1=C/C=C(/C)S(=O)c1ccccc1. The summed E-state index contributed by atoms with van der Waals surface area (Å²) in [6, 6.07) is 9.60. The Balaban J connectivity index is 2.24. The van der Waals surface area contributed by atoms with Crippen molar-refractivity contribution in [3.05, 3.63) is 65.1 Å². The molecule has 0 amide bonds. The molecule has 0 aliphatic heterocycles. The van der Waals surface area contributed by atoms with E-state index >= 15 is 0 Å². The Kier molecular flexibility index (Phi) is 5.00. The van der Waals surface area contributed by atoms with Gasteiger partial charge in [-0.15, -0.1) is 0 Å². The fourth-order valence-electron chi connectivity index (χ4n) is 2.83. The molecule has 1 atom stereocenters. The third kappa shape index (κ3) is 3.82. The lowest BCUT2D eigenvalue weighted by atomic mass is 9.71. The van der Waals surface area contributed by atoms with Crippen molar-refractivity contribution in [2.45, 2.75) is 44.9 Å². The Labute approximate surface area is 130 Å². The number of benzene rings is 1. The standard InChI is InChI=1S/C19H24OS/c1-15-9-8-14-19(3,4)18(15)13-12-16(2)21(20)17-10-6-5-7-11-17/h5-7,10-13H,1,8-9,14H2,2-4H3/b16-12-,18-13+. The highest BCUT2D eigenvalue weighted by molar-refractivity contribution is 7.89.